The summed E-state index contributed by atoms with van der Waals surface area (Å²) in [6.45, 7) is 8.94. The van der Waals surface area contributed by atoms with Crippen molar-refractivity contribution in [1.82, 2.24) is 5.06 Å². The highest BCUT2D eigenvalue weighted by Crippen LogP contribution is 2.41. The summed E-state index contributed by atoms with van der Waals surface area (Å²) in [6.07, 6.45) is 1.02. The fourth-order valence-corrected chi connectivity index (χ4v) is 3.45. The lowest BCUT2D eigenvalue weighted by Gasteiger charge is -2.36. The molecule has 0 aromatic heterocycles. The van der Waals surface area contributed by atoms with E-state index < -0.39 is 0 Å². The van der Waals surface area contributed by atoms with Crippen molar-refractivity contribution in [2.75, 3.05) is 12.4 Å². The molecule has 2 atom stereocenters. The number of hydroxylamine groups is 2. The third-order valence-corrected chi connectivity index (χ3v) is 4.78. The summed E-state index contributed by atoms with van der Waals surface area (Å²) in [4.78, 5) is 18.4. The van der Waals surface area contributed by atoms with Crippen molar-refractivity contribution < 1.29 is 9.63 Å². The first-order valence-electron chi connectivity index (χ1n) is 7.59. The second-order valence-corrected chi connectivity index (χ2v) is 7.52. The molecule has 0 radical (unpaired) electrons. The molecule has 0 N–H and O–H groups in total. The minimum absolute atomic E-state index is 0.00283. The van der Waals surface area contributed by atoms with Crippen LogP contribution in [0.2, 0.25) is 0 Å². The van der Waals surface area contributed by atoms with E-state index in [-0.39, 0.29) is 22.6 Å². The molecule has 1 aliphatic rings. The molecule has 0 amide bonds. The summed E-state index contributed by atoms with van der Waals surface area (Å²) in [5.41, 5.74) is 1.02. The van der Waals surface area contributed by atoms with Gasteiger partial charge >= 0.3 is 0 Å². The zero-order valence-electron chi connectivity index (χ0n) is 13.3. The molecular weight excluding hydrogens is 282 g/mol. The van der Waals surface area contributed by atoms with Gasteiger partial charge in [-0.1, -0.05) is 49.0 Å². The van der Waals surface area contributed by atoms with Crippen LogP contribution in [0, 0.1) is 5.92 Å². The van der Waals surface area contributed by atoms with E-state index in [0.29, 0.717) is 6.61 Å². The second-order valence-electron chi connectivity index (χ2n) is 6.42. The van der Waals surface area contributed by atoms with Gasteiger partial charge in [0.25, 0.3) is 0 Å². The zero-order chi connectivity index (χ0) is 15.5. The van der Waals surface area contributed by atoms with Crippen LogP contribution >= 0.6 is 11.8 Å². The number of rotatable bonds is 4. The van der Waals surface area contributed by atoms with E-state index in [1.54, 1.807) is 0 Å². The molecule has 1 heterocycles. The van der Waals surface area contributed by atoms with Crippen LogP contribution in [0.4, 0.5) is 0 Å². The van der Waals surface area contributed by atoms with E-state index in [4.69, 9.17) is 4.84 Å². The van der Waals surface area contributed by atoms with Gasteiger partial charge in [-0.15, -0.1) is 0 Å². The summed E-state index contributed by atoms with van der Waals surface area (Å²) >= 11 is 1.44. The van der Waals surface area contributed by atoms with Gasteiger partial charge < -0.3 is 0 Å². The molecular formula is C17H25NO2S. The standard InChI is InChI=1S/C17H25NO2S/c1-5-11-21-16(19)14-12-20-18(17(2,3)4)15(14)13-9-7-6-8-10-13/h6-10,14-15H,5,11-12H2,1-4H3/t14-,15+/m0/s1. The van der Waals surface area contributed by atoms with Gasteiger partial charge in [0.15, 0.2) is 5.12 Å². The number of hydrogen-bond donors (Lipinski definition) is 0. The Labute approximate surface area is 132 Å². The van der Waals surface area contributed by atoms with E-state index in [9.17, 15) is 4.79 Å². The average Bonchev–Trinajstić information content (AvgIpc) is 2.90. The Hall–Kier alpha value is -0.840. The third-order valence-electron chi connectivity index (χ3n) is 3.58. The fraction of sp³-hybridized carbons (Fsp3) is 0.588. The van der Waals surface area contributed by atoms with E-state index in [2.05, 4.69) is 39.8 Å². The predicted octanol–water partition coefficient (Wildman–Crippen LogP) is 4.06. The molecule has 0 saturated carbocycles. The van der Waals surface area contributed by atoms with Crippen molar-refractivity contribution in [3.05, 3.63) is 35.9 Å². The molecule has 0 aliphatic carbocycles. The van der Waals surface area contributed by atoms with Crippen molar-refractivity contribution >= 4 is 16.9 Å². The molecule has 1 fully saturated rings. The van der Waals surface area contributed by atoms with Crippen molar-refractivity contribution in [2.24, 2.45) is 5.92 Å². The first-order chi connectivity index (χ1) is 9.95. The smallest absolute Gasteiger partial charge is 0.196 e. The molecule has 0 spiro atoms. The van der Waals surface area contributed by atoms with Crippen LogP contribution in [0.25, 0.3) is 0 Å². The monoisotopic (exact) mass is 307 g/mol. The summed E-state index contributed by atoms with van der Waals surface area (Å²) in [5.74, 6) is 0.787. The molecule has 1 saturated heterocycles. The van der Waals surface area contributed by atoms with Crippen LogP contribution in [0.1, 0.15) is 45.7 Å². The number of carbonyl (C=O) groups is 1. The SMILES string of the molecule is CCCSC(=O)[C@H]1CON(C(C)(C)C)[C@@H]1c1ccccc1. The highest BCUT2D eigenvalue weighted by atomic mass is 32.2. The molecule has 2 rings (SSSR count). The number of benzene rings is 1. The van der Waals surface area contributed by atoms with Gasteiger partial charge in [-0.25, -0.2) is 0 Å². The average molecular weight is 307 g/mol. The normalized spacial score (nSPS) is 23.4. The van der Waals surface area contributed by atoms with Crippen molar-refractivity contribution in [3.8, 4) is 0 Å². The minimum atomic E-state index is -0.134. The van der Waals surface area contributed by atoms with Crippen LogP contribution in [0.3, 0.4) is 0 Å². The number of nitrogens with zero attached hydrogens (tertiary/aromatic N) is 1. The summed E-state index contributed by atoms with van der Waals surface area (Å²) < 4.78 is 0. The van der Waals surface area contributed by atoms with E-state index in [1.165, 1.54) is 11.8 Å². The largest absolute Gasteiger partial charge is 0.297 e. The Bertz CT molecular complexity index is 469. The van der Waals surface area contributed by atoms with Crippen LogP contribution in [-0.2, 0) is 9.63 Å². The van der Waals surface area contributed by atoms with Crippen molar-refractivity contribution in [3.63, 3.8) is 0 Å². The third kappa shape index (κ3) is 3.87. The Kier molecular flexibility index (Phi) is 5.47. The molecule has 3 nitrogen and oxygen atoms in total. The van der Waals surface area contributed by atoms with Crippen LogP contribution in [0.5, 0.6) is 0 Å². The topological polar surface area (TPSA) is 29.5 Å². The zero-order valence-corrected chi connectivity index (χ0v) is 14.2. The Morgan fingerprint density at radius 3 is 2.57 bits per heavy atom. The lowest BCUT2D eigenvalue weighted by molar-refractivity contribution is -0.189. The van der Waals surface area contributed by atoms with Gasteiger partial charge in [0.2, 0.25) is 0 Å². The van der Waals surface area contributed by atoms with Gasteiger partial charge in [-0.2, -0.15) is 5.06 Å². The molecule has 4 heteroatoms. The maximum absolute atomic E-state index is 12.5. The lowest BCUT2D eigenvalue weighted by atomic mass is 9.92. The number of thioether (sulfide) groups is 1. The quantitative estimate of drug-likeness (QED) is 0.839. The highest BCUT2D eigenvalue weighted by molar-refractivity contribution is 8.13. The van der Waals surface area contributed by atoms with Crippen LogP contribution in [0.15, 0.2) is 30.3 Å². The molecule has 116 valence electrons. The first-order valence-corrected chi connectivity index (χ1v) is 8.57. The van der Waals surface area contributed by atoms with Crippen LogP contribution in [-0.4, -0.2) is 28.1 Å². The van der Waals surface area contributed by atoms with Crippen molar-refractivity contribution in [1.29, 1.82) is 0 Å². The predicted molar refractivity (Wildman–Crippen MR) is 88.0 cm³/mol. The lowest BCUT2D eigenvalue weighted by Crippen LogP contribution is -2.41. The van der Waals surface area contributed by atoms with Crippen molar-refractivity contribution in [2.45, 2.75) is 45.7 Å². The van der Waals surface area contributed by atoms with Gasteiger partial charge in [0, 0.05) is 11.3 Å². The number of hydrogen-bond acceptors (Lipinski definition) is 4. The molecule has 0 unspecified atom stereocenters. The molecule has 0 bridgehead atoms. The molecule has 1 aromatic carbocycles. The maximum Gasteiger partial charge on any atom is 0.196 e. The molecule has 1 aliphatic heterocycles. The second kappa shape index (κ2) is 6.95. The fourth-order valence-electron chi connectivity index (χ4n) is 2.63. The molecule has 21 heavy (non-hydrogen) atoms. The molecule has 1 aromatic rings. The number of carbonyl (C=O) groups excluding carboxylic acids is 1. The van der Waals surface area contributed by atoms with Gasteiger partial charge in [0.05, 0.1) is 18.6 Å². The van der Waals surface area contributed by atoms with E-state index in [1.807, 2.05) is 23.3 Å². The Morgan fingerprint density at radius 1 is 1.33 bits per heavy atom. The Balaban J connectivity index is 2.27. The first kappa shape index (κ1) is 16.5. The summed E-state index contributed by atoms with van der Waals surface area (Å²) in [5, 5.41) is 2.25. The summed E-state index contributed by atoms with van der Waals surface area (Å²) in [7, 11) is 0. The van der Waals surface area contributed by atoms with Gasteiger partial charge in [0.1, 0.15) is 0 Å². The van der Waals surface area contributed by atoms with Gasteiger partial charge in [-0.05, 0) is 32.8 Å². The van der Waals surface area contributed by atoms with E-state index in [0.717, 1.165) is 17.7 Å². The summed E-state index contributed by atoms with van der Waals surface area (Å²) in [6, 6.07) is 10.2. The van der Waals surface area contributed by atoms with Gasteiger partial charge in [-0.3, -0.25) is 9.63 Å². The van der Waals surface area contributed by atoms with Crippen LogP contribution < -0.4 is 0 Å². The minimum Gasteiger partial charge on any atom is -0.297 e. The maximum atomic E-state index is 12.5. The van der Waals surface area contributed by atoms with E-state index >= 15 is 0 Å². The highest BCUT2D eigenvalue weighted by Gasteiger charge is 2.45. The Morgan fingerprint density at radius 2 is 2.00 bits per heavy atom.